The van der Waals surface area contributed by atoms with Gasteiger partial charge in [0.25, 0.3) is 11.8 Å². The molecule has 2 heterocycles. The van der Waals surface area contributed by atoms with Crippen molar-refractivity contribution in [3.63, 3.8) is 0 Å². The molecule has 1 aliphatic carbocycles. The van der Waals surface area contributed by atoms with Crippen LogP contribution in [0.4, 0.5) is 5.00 Å². The van der Waals surface area contributed by atoms with Crippen molar-refractivity contribution >= 4 is 28.2 Å². The SMILES string of the molecule is NC(=O)c1c(NC(=O)c2ccc(-n3cccc3)cc2)sc2c1CCCC2. The number of hydrogen-bond acceptors (Lipinski definition) is 3. The molecule has 26 heavy (non-hydrogen) atoms. The van der Waals surface area contributed by atoms with E-state index in [9.17, 15) is 9.59 Å². The number of benzene rings is 1. The molecule has 0 radical (unpaired) electrons. The average molecular weight is 365 g/mol. The van der Waals surface area contributed by atoms with E-state index >= 15 is 0 Å². The van der Waals surface area contributed by atoms with Gasteiger partial charge in [-0.2, -0.15) is 0 Å². The Kier molecular flexibility index (Phi) is 4.34. The van der Waals surface area contributed by atoms with Crippen LogP contribution in [0.15, 0.2) is 48.8 Å². The Morgan fingerprint density at radius 3 is 2.42 bits per heavy atom. The van der Waals surface area contributed by atoms with E-state index in [1.807, 2.05) is 41.2 Å². The molecular formula is C20H19N3O2S. The minimum absolute atomic E-state index is 0.231. The number of thiophene rings is 1. The maximum Gasteiger partial charge on any atom is 0.256 e. The van der Waals surface area contributed by atoms with Crippen LogP contribution in [0.1, 0.15) is 44.0 Å². The summed E-state index contributed by atoms with van der Waals surface area (Å²) in [6, 6.07) is 11.2. The Morgan fingerprint density at radius 1 is 1.04 bits per heavy atom. The zero-order valence-electron chi connectivity index (χ0n) is 14.2. The van der Waals surface area contributed by atoms with Crippen LogP contribution in [0.25, 0.3) is 5.69 Å². The van der Waals surface area contributed by atoms with Crippen molar-refractivity contribution < 1.29 is 9.59 Å². The maximum atomic E-state index is 12.6. The molecule has 0 unspecified atom stereocenters. The number of primary amides is 1. The molecule has 6 heteroatoms. The smallest absolute Gasteiger partial charge is 0.256 e. The normalized spacial score (nSPS) is 13.2. The predicted octanol–water partition coefficient (Wildman–Crippen LogP) is 3.77. The number of anilines is 1. The lowest BCUT2D eigenvalue weighted by atomic mass is 9.95. The van der Waals surface area contributed by atoms with Crippen LogP contribution in [0.2, 0.25) is 0 Å². The van der Waals surface area contributed by atoms with Gasteiger partial charge >= 0.3 is 0 Å². The first-order valence-corrected chi connectivity index (χ1v) is 9.44. The number of hydrogen-bond donors (Lipinski definition) is 2. The molecular weight excluding hydrogens is 346 g/mol. The number of nitrogens with one attached hydrogen (secondary N) is 1. The molecule has 1 aliphatic rings. The van der Waals surface area contributed by atoms with Gasteiger partial charge in [-0.25, -0.2) is 0 Å². The van der Waals surface area contributed by atoms with Crippen molar-refractivity contribution in [1.29, 1.82) is 0 Å². The Morgan fingerprint density at radius 2 is 1.73 bits per heavy atom. The van der Waals surface area contributed by atoms with Crippen molar-refractivity contribution in [3.8, 4) is 5.69 Å². The Balaban J connectivity index is 1.58. The Hall–Kier alpha value is -2.86. The lowest BCUT2D eigenvalue weighted by Gasteiger charge is -2.11. The fraction of sp³-hybridized carbons (Fsp3) is 0.200. The van der Waals surface area contributed by atoms with Gasteiger partial charge in [-0.15, -0.1) is 11.3 Å². The molecule has 3 N–H and O–H groups in total. The Labute approximate surface area is 155 Å². The van der Waals surface area contributed by atoms with Crippen LogP contribution in [-0.2, 0) is 12.8 Å². The van der Waals surface area contributed by atoms with Gasteiger partial charge in [-0.1, -0.05) is 0 Å². The van der Waals surface area contributed by atoms with Gasteiger partial charge in [0.2, 0.25) is 0 Å². The highest BCUT2D eigenvalue weighted by Gasteiger charge is 2.25. The zero-order chi connectivity index (χ0) is 18.1. The fourth-order valence-electron chi connectivity index (χ4n) is 3.38. The van der Waals surface area contributed by atoms with Crippen LogP contribution in [0, 0.1) is 0 Å². The quantitative estimate of drug-likeness (QED) is 0.738. The van der Waals surface area contributed by atoms with Gasteiger partial charge in [0.05, 0.1) is 5.56 Å². The molecule has 0 bridgehead atoms. The molecule has 4 rings (SSSR count). The highest BCUT2D eigenvalue weighted by Crippen LogP contribution is 2.38. The van der Waals surface area contributed by atoms with Crippen molar-refractivity contribution in [2.75, 3.05) is 5.32 Å². The van der Waals surface area contributed by atoms with E-state index in [1.165, 1.54) is 16.2 Å². The summed E-state index contributed by atoms with van der Waals surface area (Å²) in [6.45, 7) is 0. The first-order valence-electron chi connectivity index (χ1n) is 8.62. The molecule has 5 nitrogen and oxygen atoms in total. The van der Waals surface area contributed by atoms with Crippen LogP contribution in [-0.4, -0.2) is 16.4 Å². The number of fused-ring (bicyclic) bond motifs is 1. The number of nitrogens with zero attached hydrogens (tertiary/aromatic N) is 1. The van der Waals surface area contributed by atoms with Crippen LogP contribution in [0.3, 0.4) is 0 Å². The largest absolute Gasteiger partial charge is 0.365 e. The van der Waals surface area contributed by atoms with E-state index in [0.717, 1.165) is 36.9 Å². The van der Waals surface area contributed by atoms with Gasteiger partial charge < -0.3 is 15.6 Å². The number of aromatic nitrogens is 1. The summed E-state index contributed by atoms with van der Waals surface area (Å²) in [6.07, 6.45) is 7.86. The number of carbonyl (C=O) groups excluding carboxylic acids is 2. The van der Waals surface area contributed by atoms with Crippen molar-refractivity contribution in [2.24, 2.45) is 5.73 Å². The van der Waals surface area contributed by atoms with Crippen LogP contribution < -0.4 is 11.1 Å². The van der Waals surface area contributed by atoms with E-state index in [0.29, 0.717) is 16.1 Å². The highest BCUT2D eigenvalue weighted by molar-refractivity contribution is 7.17. The summed E-state index contributed by atoms with van der Waals surface area (Å²) >= 11 is 1.48. The first kappa shape index (κ1) is 16.6. The van der Waals surface area contributed by atoms with Crippen LogP contribution in [0.5, 0.6) is 0 Å². The van der Waals surface area contributed by atoms with Crippen molar-refractivity contribution in [2.45, 2.75) is 25.7 Å². The lowest BCUT2D eigenvalue weighted by molar-refractivity contribution is 0.100. The number of rotatable bonds is 4. The molecule has 132 valence electrons. The lowest BCUT2D eigenvalue weighted by Crippen LogP contribution is -2.18. The standard InChI is InChI=1S/C20H19N3O2S/c21-18(24)17-15-5-1-2-6-16(15)26-20(17)22-19(25)13-7-9-14(10-8-13)23-11-3-4-12-23/h3-4,7-12H,1-2,5-6H2,(H2,21,24)(H,22,25). The van der Waals surface area contributed by atoms with Gasteiger partial charge in [0.1, 0.15) is 5.00 Å². The second-order valence-electron chi connectivity index (χ2n) is 6.37. The third-order valence-corrected chi connectivity index (χ3v) is 5.88. The monoisotopic (exact) mass is 365 g/mol. The fourth-order valence-corrected chi connectivity index (χ4v) is 4.67. The zero-order valence-corrected chi connectivity index (χ0v) is 15.0. The second kappa shape index (κ2) is 6.80. The van der Waals surface area contributed by atoms with Crippen molar-refractivity contribution in [3.05, 3.63) is 70.4 Å². The average Bonchev–Trinajstić information content (AvgIpc) is 3.29. The highest BCUT2D eigenvalue weighted by atomic mass is 32.1. The van der Waals surface area contributed by atoms with E-state index < -0.39 is 5.91 Å². The van der Waals surface area contributed by atoms with E-state index in [1.54, 1.807) is 12.1 Å². The van der Waals surface area contributed by atoms with Gasteiger partial charge in [-0.3, -0.25) is 9.59 Å². The third kappa shape index (κ3) is 3.04. The minimum Gasteiger partial charge on any atom is -0.365 e. The second-order valence-corrected chi connectivity index (χ2v) is 7.48. The molecule has 2 amide bonds. The van der Waals surface area contributed by atoms with Gasteiger partial charge in [0.15, 0.2) is 0 Å². The number of carbonyl (C=O) groups is 2. The third-order valence-electron chi connectivity index (χ3n) is 4.68. The van der Waals surface area contributed by atoms with Crippen molar-refractivity contribution in [1.82, 2.24) is 4.57 Å². The summed E-state index contributed by atoms with van der Waals surface area (Å²) in [5, 5.41) is 3.46. The first-order chi connectivity index (χ1) is 12.6. The topological polar surface area (TPSA) is 77.1 Å². The van der Waals surface area contributed by atoms with Gasteiger partial charge in [-0.05, 0) is 67.6 Å². The van der Waals surface area contributed by atoms with E-state index in [2.05, 4.69) is 5.32 Å². The molecule has 0 spiro atoms. The van der Waals surface area contributed by atoms with Crippen LogP contribution >= 0.6 is 11.3 Å². The molecule has 1 aromatic carbocycles. The number of amides is 2. The predicted molar refractivity (Wildman–Crippen MR) is 103 cm³/mol. The molecule has 2 aromatic heterocycles. The van der Waals surface area contributed by atoms with E-state index in [4.69, 9.17) is 5.73 Å². The minimum atomic E-state index is -0.470. The number of aryl methyl sites for hydroxylation is 1. The van der Waals surface area contributed by atoms with Gasteiger partial charge in [0, 0.05) is 28.5 Å². The summed E-state index contributed by atoms with van der Waals surface area (Å²) < 4.78 is 1.97. The molecule has 0 fully saturated rings. The molecule has 0 saturated carbocycles. The summed E-state index contributed by atoms with van der Waals surface area (Å²) in [7, 11) is 0. The molecule has 0 aliphatic heterocycles. The summed E-state index contributed by atoms with van der Waals surface area (Å²) in [5.74, 6) is -0.701. The Bertz CT molecular complexity index is 956. The molecule has 3 aromatic rings. The summed E-state index contributed by atoms with van der Waals surface area (Å²) in [5.41, 5.74) is 8.62. The van der Waals surface area contributed by atoms with E-state index in [-0.39, 0.29) is 5.91 Å². The molecule has 0 atom stereocenters. The maximum absolute atomic E-state index is 12.6. The number of nitrogens with two attached hydrogens (primary N) is 1. The summed E-state index contributed by atoms with van der Waals surface area (Å²) in [4.78, 5) is 25.7. The molecule has 0 saturated heterocycles.